The Morgan fingerprint density at radius 3 is 2.15 bits per heavy atom. The first kappa shape index (κ1) is 15.9. The van der Waals surface area contributed by atoms with Crippen molar-refractivity contribution in [3.63, 3.8) is 0 Å². The lowest BCUT2D eigenvalue weighted by atomic mass is 9.74. The van der Waals surface area contributed by atoms with Gasteiger partial charge < -0.3 is 15.0 Å². The summed E-state index contributed by atoms with van der Waals surface area (Å²) in [5.41, 5.74) is 4.52. The molecule has 0 radical (unpaired) electrons. The van der Waals surface area contributed by atoms with Crippen molar-refractivity contribution in [2.45, 2.75) is 44.8 Å². The Hall–Kier alpha value is -0.495. The highest BCUT2D eigenvalue weighted by Crippen LogP contribution is 2.40. The second-order valence-electron chi connectivity index (χ2n) is 5.91. The lowest BCUT2D eigenvalue weighted by Crippen LogP contribution is -2.41. The summed E-state index contributed by atoms with van der Waals surface area (Å²) < 4.78 is 39.6. The molecule has 2 N–H and O–H groups in total. The third-order valence-corrected chi connectivity index (χ3v) is 4.59. The van der Waals surface area contributed by atoms with Gasteiger partial charge in [0.2, 0.25) is 0 Å². The molecule has 1 heterocycles. The molecule has 0 bridgehead atoms. The first-order valence-corrected chi connectivity index (χ1v) is 7.11. The van der Waals surface area contributed by atoms with Crippen LogP contribution in [0.5, 0.6) is 0 Å². The summed E-state index contributed by atoms with van der Waals surface area (Å²) in [6.45, 7) is 7.42. The lowest BCUT2D eigenvalue weighted by Gasteiger charge is -2.32. The Balaban J connectivity index is 2.35. The normalized spacial score (nSPS) is 22.1. The molecule has 20 heavy (non-hydrogen) atoms. The molecule has 0 aromatic heterocycles. The Bertz CT molecular complexity index is 523. The van der Waals surface area contributed by atoms with Crippen LogP contribution < -0.4 is 5.73 Å². The molecule has 0 unspecified atom stereocenters. The van der Waals surface area contributed by atoms with Crippen molar-refractivity contribution >= 4 is 23.0 Å². The van der Waals surface area contributed by atoms with Gasteiger partial charge in [-0.25, -0.2) is 8.78 Å². The molecule has 0 amide bonds. The van der Waals surface area contributed by atoms with E-state index in [2.05, 4.69) is 15.9 Å². The second kappa shape index (κ2) is 5.05. The zero-order valence-corrected chi connectivity index (χ0v) is 13.4. The number of halogens is 3. The van der Waals surface area contributed by atoms with Crippen molar-refractivity contribution in [2.24, 2.45) is 5.73 Å². The van der Waals surface area contributed by atoms with Crippen LogP contribution in [0.1, 0.15) is 39.2 Å². The standard InChI is InChI=1S/C13H17BBrF2NO2/c1-12(2)13(3,4)20-14(19-12)11(18)9-8(16)6-5-7(15)10(9)17/h5-6,11H,18H2,1-4H3/t11-/m0/s1. The van der Waals surface area contributed by atoms with Crippen molar-refractivity contribution in [3.8, 4) is 0 Å². The maximum absolute atomic E-state index is 14.1. The molecule has 1 aromatic carbocycles. The molecule has 1 aliphatic rings. The van der Waals surface area contributed by atoms with Crippen molar-refractivity contribution < 1.29 is 18.1 Å². The van der Waals surface area contributed by atoms with E-state index in [-0.39, 0.29) is 10.0 Å². The Morgan fingerprint density at radius 2 is 1.65 bits per heavy atom. The van der Waals surface area contributed by atoms with E-state index in [9.17, 15) is 8.78 Å². The van der Waals surface area contributed by atoms with E-state index in [1.807, 2.05) is 27.7 Å². The molecule has 1 saturated heterocycles. The van der Waals surface area contributed by atoms with Crippen LogP contribution in [0.3, 0.4) is 0 Å². The fourth-order valence-corrected chi connectivity index (χ4v) is 2.37. The van der Waals surface area contributed by atoms with E-state index in [1.54, 1.807) is 0 Å². The SMILES string of the molecule is CC1(C)OB([C@@H](N)c2c(F)ccc(Br)c2F)OC1(C)C. The molecule has 1 fully saturated rings. The fraction of sp³-hybridized carbons (Fsp3) is 0.538. The minimum Gasteiger partial charge on any atom is -0.402 e. The van der Waals surface area contributed by atoms with Gasteiger partial charge in [-0.3, -0.25) is 0 Å². The number of benzene rings is 1. The Morgan fingerprint density at radius 1 is 1.15 bits per heavy atom. The predicted octanol–water partition coefficient (Wildman–Crippen LogP) is 3.36. The van der Waals surface area contributed by atoms with Gasteiger partial charge in [-0.05, 0) is 55.8 Å². The number of rotatable bonds is 2. The highest BCUT2D eigenvalue weighted by molar-refractivity contribution is 9.10. The van der Waals surface area contributed by atoms with Crippen LogP contribution in [-0.2, 0) is 9.31 Å². The summed E-state index contributed by atoms with van der Waals surface area (Å²) in [7, 11) is -0.904. The minimum atomic E-state index is -1.05. The molecule has 110 valence electrons. The summed E-state index contributed by atoms with van der Waals surface area (Å²) in [6, 6.07) is 2.46. The van der Waals surface area contributed by atoms with Crippen LogP contribution in [0.4, 0.5) is 8.78 Å². The van der Waals surface area contributed by atoms with E-state index in [1.165, 1.54) is 6.07 Å². The van der Waals surface area contributed by atoms with E-state index in [0.29, 0.717) is 0 Å². The summed E-state index contributed by atoms with van der Waals surface area (Å²) in [6.07, 6.45) is 0. The number of hydrogen-bond donors (Lipinski definition) is 1. The quantitative estimate of drug-likeness (QED) is 0.659. The van der Waals surface area contributed by atoms with Crippen LogP contribution >= 0.6 is 15.9 Å². The van der Waals surface area contributed by atoms with Gasteiger partial charge in [0.25, 0.3) is 0 Å². The fourth-order valence-electron chi connectivity index (χ4n) is 2.02. The predicted molar refractivity (Wildman–Crippen MR) is 77.1 cm³/mol. The van der Waals surface area contributed by atoms with Crippen LogP contribution in [-0.4, -0.2) is 18.3 Å². The number of hydrogen-bond acceptors (Lipinski definition) is 3. The van der Waals surface area contributed by atoms with Crippen molar-refractivity contribution in [3.05, 3.63) is 33.8 Å². The van der Waals surface area contributed by atoms with Gasteiger partial charge in [0.1, 0.15) is 11.6 Å². The molecule has 3 nitrogen and oxygen atoms in total. The van der Waals surface area contributed by atoms with E-state index in [4.69, 9.17) is 15.0 Å². The zero-order valence-electron chi connectivity index (χ0n) is 11.8. The maximum Gasteiger partial charge on any atom is 0.480 e. The molecule has 1 aromatic rings. The average molecular weight is 348 g/mol. The van der Waals surface area contributed by atoms with E-state index in [0.717, 1.165) is 6.07 Å². The monoisotopic (exact) mass is 347 g/mol. The van der Waals surface area contributed by atoms with E-state index >= 15 is 0 Å². The van der Waals surface area contributed by atoms with Crippen molar-refractivity contribution in [1.82, 2.24) is 0 Å². The van der Waals surface area contributed by atoms with Gasteiger partial charge in [0.05, 0.1) is 21.6 Å². The molecule has 1 aliphatic heterocycles. The topological polar surface area (TPSA) is 44.5 Å². The number of nitrogens with two attached hydrogens (primary N) is 1. The van der Waals surface area contributed by atoms with Gasteiger partial charge in [-0.2, -0.15) is 0 Å². The molecule has 0 spiro atoms. The van der Waals surface area contributed by atoms with Crippen molar-refractivity contribution in [1.29, 1.82) is 0 Å². The molecular formula is C13H17BBrF2NO2. The van der Waals surface area contributed by atoms with Gasteiger partial charge in [-0.1, -0.05) is 0 Å². The minimum absolute atomic E-state index is 0.154. The lowest BCUT2D eigenvalue weighted by molar-refractivity contribution is 0.00578. The summed E-state index contributed by atoms with van der Waals surface area (Å²) in [4.78, 5) is 0. The largest absolute Gasteiger partial charge is 0.480 e. The first-order chi connectivity index (χ1) is 9.07. The highest BCUT2D eigenvalue weighted by Gasteiger charge is 2.54. The second-order valence-corrected chi connectivity index (χ2v) is 6.76. The van der Waals surface area contributed by atoms with Crippen molar-refractivity contribution in [2.75, 3.05) is 0 Å². The van der Waals surface area contributed by atoms with Gasteiger partial charge in [0.15, 0.2) is 0 Å². The van der Waals surface area contributed by atoms with Gasteiger partial charge in [-0.15, -0.1) is 0 Å². The summed E-state index contributed by atoms with van der Waals surface area (Å²) in [5.74, 6) is -2.49. The molecule has 7 heteroatoms. The van der Waals surface area contributed by atoms with Crippen LogP contribution in [0, 0.1) is 11.6 Å². The van der Waals surface area contributed by atoms with Crippen LogP contribution in [0.25, 0.3) is 0 Å². The van der Waals surface area contributed by atoms with Crippen LogP contribution in [0.2, 0.25) is 0 Å². The third-order valence-electron chi connectivity index (χ3n) is 3.98. The Kier molecular flexibility index (Phi) is 4.01. The highest BCUT2D eigenvalue weighted by atomic mass is 79.9. The van der Waals surface area contributed by atoms with Crippen LogP contribution in [0.15, 0.2) is 16.6 Å². The summed E-state index contributed by atoms with van der Waals surface area (Å²) in [5, 5.41) is 0. The van der Waals surface area contributed by atoms with Gasteiger partial charge in [0, 0.05) is 5.56 Å². The first-order valence-electron chi connectivity index (χ1n) is 6.31. The molecular weight excluding hydrogens is 331 g/mol. The summed E-state index contributed by atoms with van der Waals surface area (Å²) >= 11 is 3.02. The molecule has 0 aliphatic carbocycles. The zero-order chi connectivity index (χ0) is 15.3. The Labute approximate surface area is 126 Å². The van der Waals surface area contributed by atoms with Gasteiger partial charge >= 0.3 is 7.12 Å². The maximum atomic E-state index is 14.1. The average Bonchev–Trinajstić information content (AvgIpc) is 2.54. The molecule has 1 atom stereocenters. The third kappa shape index (κ3) is 2.52. The smallest absolute Gasteiger partial charge is 0.402 e. The molecule has 0 saturated carbocycles. The molecule has 2 rings (SSSR count). The van der Waals surface area contributed by atoms with E-state index < -0.39 is 35.9 Å².